The summed E-state index contributed by atoms with van der Waals surface area (Å²) in [6.45, 7) is 2.11. The number of aryl methyl sites for hydroxylation is 1. The van der Waals surface area contributed by atoms with E-state index in [-0.39, 0.29) is 44.2 Å². The Hall–Kier alpha value is -4.06. The Labute approximate surface area is 253 Å². The minimum absolute atomic E-state index is 0.0136. The zero-order valence-electron chi connectivity index (χ0n) is 23.9. The maximum absolute atomic E-state index is 13.6. The summed E-state index contributed by atoms with van der Waals surface area (Å²) < 4.78 is 27.3. The molecule has 0 bridgehead atoms. The number of nitrogens with two attached hydrogens (primary N) is 1. The molecule has 8 nitrogen and oxygen atoms in total. The molecule has 0 radical (unpaired) electrons. The van der Waals surface area contributed by atoms with Crippen LogP contribution in [0.2, 0.25) is 0 Å². The Morgan fingerprint density at radius 3 is 2.35 bits per heavy atom. The molecule has 0 fully saturated rings. The Balaban J connectivity index is 1.37. The van der Waals surface area contributed by atoms with Crippen LogP contribution in [0.1, 0.15) is 47.0 Å². The molecule has 0 unspecified atom stereocenters. The third-order valence-electron chi connectivity index (χ3n) is 6.90. The summed E-state index contributed by atoms with van der Waals surface area (Å²) in [5.74, 6) is -2.19. The lowest BCUT2D eigenvalue weighted by Crippen LogP contribution is -2.46. The first-order chi connectivity index (χ1) is 20.7. The first-order valence-corrected chi connectivity index (χ1v) is 14.9. The van der Waals surface area contributed by atoms with Gasteiger partial charge in [0.2, 0.25) is 16.9 Å². The van der Waals surface area contributed by atoms with Gasteiger partial charge < -0.3 is 21.1 Å². The van der Waals surface area contributed by atoms with Gasteiger partial charge in [0.25, 0.3) is 0 Å². The Kier molecular flexibility index (Phi) is 11.4. The summed E-state index contributed by atoms with van der Waals surface area (Å²) >= 11 is 1.27. The number of carbonyl (C=O) groups excluding carboxylic acids is 2. The van der Waals surface area contributed by atoms with Crippen molar-refractivity contribution in [1.29, 1.82) is 0 Å². The van der Waals surface area contributed by atoms with E-state index in [1.807, 2.05) is 61.5 Å². The maximum Gasteiger partial charge on any atom is 0.226 e. The topological polar surface area (TPSA) is 121 Å². The lowest BCUT2D eigenvalue weighted by molar-refractivity contribution is -0.135. The van der Waals surface area contributed by atoms with Gasteiger partial charge in [0.1, 0.15) is 16.6 Å². The lowest BCUT2D eigenvalue weighted by atomic mass is 10.0. The number of aliphatic hydroxyl groups excluding tert-OH is 1. The van der Waals surface area contributed by atoms with Crippen molar-refractivity contribution in [3.8, 4) is 0 Å². The second-order valence-electron chi connectivity index (χ2n) is 10.4. The van der Waals surface area contributed by atoms with Gasteiger partial charge in [0.15, 0.2) is 0 Å². The fraction of sp³-hybridized carbons (Fsp3) is 0.312. The molecule has 43 heavy (non-hydrogen) atoms. The standard InChI is InChI=1S/C32H35F2N5O3S/c1-2-21-9-6-10-23(13-21)19-39(20-28(40)27(35)16-24-14-25(33)18-26(34)15-24)31(42)12-11-29(41)36-32-38-37-30(43-32)17-22-7-4-3-5-8-22/h3-10,13-15,18,27-28,40H,2,11-12,16-17,19-20,35H2,1H3,(H,36,38,41)/t27-,28+/m0/s1. The van der Waals surface area contributed by atoms with E-state index in [2.05, 4.69) is 15.5 Å². The fourth-order valence-corrected chi connectivity index (χ4v) is 5.42. The van der Waals surface area contributed by atoms with Crippen molar-refractivity contribution in [2.75, 3.05) is 11.9 Å². The number of hydrogen-bond donors (Lipinski definition) is 3. The molecule has 4 N–H and O–H groups in total. The third-order valence-corrected chi connectivity index (χ3v) is 7.74. The van der Waals surface area contributed by atoms with E-state index in [9.17, 15) is 23.5 Å². The number of benzene rings is 3. The fourth-order valence-electron chi connectivity index (χ4n) is 4.63. The first kappa shape index (κ1) is 31.9. The van der Waals surface area contributed by atoms with E-state index in [1.54, 1.807) is 0 Å². The quantitative estimate of drug-likeness (QED) is 0.192. The van der Waals surface area contributed by atoms with Crippen molar-refractivity contribution >= 4 is 28.3 Å². The molecular weight excluding hydrogens is 572 g/mol. The number of nitrogens with zero attached hydrogens (tertiary/aromatic N) is 3. The number of halogens is 2. The number of rotatable bonds is 14. The Morgan fingerprint density at radius 1 is 0.930 bits per heavy atom. The molecule has 0 aliphatic rings. The molecular formula is C32H35F2N5O3S. The van der Waals surface area contributed by atoms with Gasteiger partial charge in [0.05, 0.1) is 6.10 Å². The van der Waals surface area contributed by atoms with Crippen molar-refractivity contribution in [3.05, 3.63) is 112 Å². The van der Waals surface area contributed by atoms with Crippen molar-refractivity contribution in [2.24, 2.45) is 5.73 Å². The summed E-state index contributed by atoms with van der Waals surface area (Å²) in [7, 11) is 0. The van der Waals surface area contributed by atoms with Crippen LogP contribution < -0.4 is 11.1 Å². The first-order valence-electron chi connectivity index (χ1n) is 14.1. The third kappa shape index (κ3) is 10.0. The van der Waals surface area contributed by atoms with E-state index >= 15 is 0 Å². The molecule has 226 valence electrons. The zero-order chi connectivity index (χ0) is 30.8. The number of carbonyl (C=O) groups is 2. The largest absolute Gasteiger partial charge is 0.390 e. The Bertz CT molecular complexity index is 1500. The molecule has 0 saturated carbocycles. The number of nitrogens with one attached hydrogen (secondary N) is 1. The molecule has 3 aromatic carbocycles. The lowest BCUT2D eigenvalue weighted by Gasteiger charge is -2.28. The summed E-state index contributed by atoms with van der Waals surface area (Å²) in [5.41, 5.74) is 9.53. The van der Waals surface area contributed by atoms with Crippen LogP contribution in [-0.4, -0.2) is 50.7 Å². The van der Waals surface area contributed by atoms with Crippen molar-refractivity contribution in [3.63, 3.8) is 0 Å². The van der Waals surface area contributed by atoms with Crippen LogP contribution in [0.5, 0.6) is 0 Å². The van der Waals surface area contributed by atoms with Gasteiger partial charge >= 0.3 is 0 Å². The molecule has 1 heterocycles. The summed E-state index contributed by atoms with van der Waals surface area (Å²) in [4.78, 5) is 27.5. The highest BCUT2D eigenvalue weighted by molar-refractivity contribution is 7.15. The number of aliphatic hydroxyl groups is 1. The van der Waals surface area contributed by atoms with Crippen molar-refractivity contribution in [1.82, 2.24) is 15.1 Å². The molecule has 4 rings (SSSR count). The highest BCUT2D eigenvalue weighted by atomic mass is 32.1. The van der Waals surface area contributed by atoms with Crippen LogP contribution in [0.15, 0.2) is 72.8 Å². The average molecular weight is 608 g/mol. The molecule has 11 heteroatoms. The van der Waals surface area contributed by atoms with Gasteiger partial charge in [0, 0.05) is 44.5 Å². The minimum atomic E-state index is -1.18. The minimum Gasteiger partial charge on any atom is -0.390 e. The molecule has 2 amide bonds. The van der Waals surface area contributed by atoms with Crippen LogP contribution in [0.25, 0.3) is 0 Å². The van der Waals surface area contributed by atoms with Crippen LogP contribution in [0, 0.1) is 11.6 Å². The average Bonchev–Trinajstić information content (AvgIpc) is 3.41. The maximum atomic E-state index is 13.6. The van der Waals surface area contributed by atoms with Crippen LogP contribution in [0.3, 0.4) is 0 Å². The second kappa shape index (κ2) is 15.4. The van der Waals surface area contributed by atoms with Gasteiger partial charge in [-0.3, -0.25) is 9.59 Å². The molecule has 0 aliphatic carbocycles. The summed E-state index contributed by atoms with van der Waals surface area (Å²) in [6.07, 6.45) is 0.0507. The molecule has 0 aliphatic heterocycles. The van der Waals surface area contributed by atoms with E-state index in [1.165, 1.54) is 16.2 Å². The molecule has 2 atom stereocenters. The number of amides is 2. The molecule has 0 spiro atoms. The number of aromatic nitrogens is 2. The highest BCUT2D eigenvalue weighted by Gasteiger charge is 2.24. The molecule has 0 saturated heterocycles. The van der Waals surface area contributed by atoms with Crippen LogP contribution >= 0.6 is 11.3 Å². The van der Waals surface area contributed by atoms with E-state index in [4.69, 9.17) is 5.73 Å². The van der Waals surface area contributed by atoms with Gasteiger partial charge in [-0.1, -0.05) is 72.9 Å². The SMILES string of the molecule is CCc1cccc(CN(C[C@@H](O)[C@@H](N)Cc2cc(F)cc(F)c2)C(=O)CCC(=O)Nc2nnc(Cc3ccccc3)s2)c1. The molecule has 1 aromatic heterocycles. The van der Waals surface area contributed by atoms with E-state index < -0.39 is 23.8 Å². The predicted octanol–water partition coefficient (Wildman–Crippen LogP) is 4.65. The van der Waals surface area contributed by atoms with Crippen molar-refractivity contribution in [2.45, 2.75) is 57.7 Å². The number of hydrogen-bond acceptors (Lipinski definition) is 7. The second-order valence-corrected chi connectivity index (χ2v) is 11.4. The van der Waals surface area contributed by atoms with Crippen LogP contribution in [0.4, 0.5) is 13.9 Å². The van der Waals surface area contributed by atoms with Gasteiger partial charge in [-0.25, -0.2) is 8.78 Å². The summed E-state index contributed by atoms with van der Waals surface area (Å²) in [5, 5.41) is 22.9. The van der Waals surface area contributed by atoms with E-state index in [0.717, 1.165) is 46.3 Å². The highest BCUT2D eigenvalue weighted by Crippen LogP contribution is 2.19. The molecule has 4 aromatic rings. The predicted molar refractivity (Wildman–Crippen MR) is 162 cm³/mol. The van der Waals surface area contributed by atoms with Gasteiger partial charge in [-0.05, 0) is 47.2 Å². The normalized spacial score (nSPS) is 12.5. The zero-order valence-corrected chi connectivity index (χ0v) is 24.7. The summed E-state index contributed by atoms with van der Waals surface area (Å²) in [6, 6.07) is 19.8. The number of anilines is 1. The smallest absolute Gasteiger partial charge is 0.226 e. The Morgan fingerprint density at radius 2 is 1.63 bits per heavy atom. The van der Waals surface area contributed by atoms with Crippen LogP contribution in [-0.2, 0) is 35.4 Å². The van der Waals surface area contributed by atoms with E-state index in [0.29, 0.717) is 17.1 Å². The monoisotopic (exact) mass is 607 g/mol. The van der Waals surface area contributed by atoms with Crippen molar-refractivity contribution < 1.29 is 23.5 Å². The van der Waals surface area contributed by atoms with Gasteiger partial charge in [-0.2, -0.15) is 0 Å². The van der Waals surface area contributed by atoms with Gasteiger partial charge in [-0.15, -0.1) is 10.2 Å².